The van der Waals surface area contributed by atoms with Gasteiger partial charge in [-0.25, -0.2) is 4.79 Å². The van der Waals surface area contributed by atoms with E-state index in [1.54, 1.807) is 0 Å². The molecule has 0 fully saturated rings. The maximum absolute atomic E-state index is 10.8. The fourth-order valence-electron chi connectivity index (χ4n) is 1.37. The van der Waals surface area contributed by atoms with Gasteiger partial charge in [-0.1, -0.05) is 29.8 Å². The first-order valence-electron chi connectivity index (χ1n) is 5.19. The number of amides is 1. The zero-order valence-corrected chi connectivity index (χ0v) is 10.4. The van der Waals surface area contributed by atoms with E-state index in [0.717, 1.165) is 11.3 Å². The number of thioether (sulfide) groups is 1. The quantitative estimate of drug-likeness (QED) is 0.721. The zero-order chi connectivity index (χ0) is 12.7. The summed E-state index contributed by atoms with van der Waals surface area (Å²) in [5.74, 6) is 0.0995. The Morgan fingerprint density at radius 2 is 2.35 bits per heavy atom. The van der Waals surface area contributed by atoms with Crippen LogP contribution in [0.4, 0.5) is 0 Å². The summed E-state index contributed by atoms with van der Waals surface area (Å²) in [6, 6.07) is 7.24. The van der Waals surface area contributed by atoms with Crippen LogP contribution in [0.2, 0.25) is 0 Å². The van der Waals surface area contributed by atoms with Crippen LogP contribution in [0.15, 0.2) is 24.3 Å². The minimum atomic E-state index is -1.01. The highest BCUT2D eigenvalue weighted by molar-refractivity contribution is 7.98. The maximum atomic E-state index is 10.8. The summed E-state index contributed by atoms with van der Waals surface area (Å²) in [6.07, 6.45) is 0.423. The van der Waals surface area contributed by atoms with Crippen LogP contribution < -0.4 is 5.32 Å². The topological polar surface area (TPSA) is 66.4 Å². The largest absolute Gasteiger partial charge is 0.480 e. The highest BCUT2D eigenvalue weighted by Crippen LogP contribution is 2.14. The van der Waals surface area contributed by atoms with Gasteiger partial charge in [-0.05, 0) is 12.5 Å². The molecule has 17 heavy (non-hydrogen) atoms. The number of carboxylic acids is 1. The van der Waals surface area contributed by atoms with Crippen molar-refractivity contribution in [2.24, 2.45) is 0 Å². The second-order valence-electron chi connectivity index (χ2n) is 3.68. The summed E-state index contributed by atoms with van der Waals surface area (Å²) >= 11 is 1.49. The van der Waals surface area contributed by atoms with Crippen LogP contribution >= 0.6 is 11.8 Å². The SMILES string of the molecule is Cc1cccc(CSCC(NC=O)C(=O)O)c1. The molecule has 1 aromatic carbocycles. The van der Waals surface area contributed by atoms with E-state index in [1.807, 2.05) is 25.1 Å². The van der Waals surface area contributed by atoms with Crippen molar-refractivity contribution >= 4 is 24.1 Å². The number of nitrogens with one attached hydrogen (secondary N) is 1. The van der Waals surface area contributed by atoms with E-state index >= 15 is 0 Å². The number of carbonyl (C=O) groups excluding carboxylic acids is 1. The van der Waals surface area contributed by atoms with E-state index in [2.05, 4.69) is 11.4 Å². The molecule has 1 aromatic rings. The molecule has 0 aromatic heterocycles. The monoisotopic (exact) mass is 253 g/mol. The molecule has 0 bridgehead atoms. The molecule has 0 spiro atoms. The third-order valence-corrected chi connectivity index (χ3v) is 3.31. The van der Waals surface area contributed by atoms with Crippen LogP contribution in [-0.2, 0) is 15.3 Å². The molecular formula is C12H15NO3S. The summed E-state index contributed by atoms with van der Waals surface area (Å²) in [4.78, 5) is 21.0. The fraction of sp³-hybridized carbons (Fsp3) is 0.333. The molecule has 5 heteroatoms. The van der Waals surface area contributed by atoms with Crippen LogP contribution in [-0.4, -0.2) is 29.3 Å². The summed E-state index contributed by atoms with van der Waals surface area (Å²) in [6.45, 7) is 2.02. The van der Waals surface area contributed by atoms with Gasteiger partial charge in [0.25, 0.3) is 0 Å². The van der Waals surface area contributed by atoms with Crippen LogP contribution in [0.5, 0.6) is 0 Å². The average Bonchev–Trinajstić information content (AvgIpc) is 2.28. The van der Waals surface area contributed by atoms with Gasteiger partial charge in [0.05, 0.1) is 0 Å². The molecular weight excluding hydrogens is 238 g/mol. The van der Waals surface area contributed by atoms with E-state index in [1.165, 1.54) is 17.3 Å². The molecule has 1 unspecified atom stereocenters. The molecule has 0 saturated heterocycles. The lowest BCUT2D eigenvalue weighted by Gasteiger charge is -2.10. The first-order valence-corrected chi connectivity index (χ1v) is 6.34. The maximum Gasteiger partial charge on any atom is 0.327 e. The number of aryl methyl sites for hydroxylation is 1. The molecule has 2 N–H and O–H groups in total. The smallest absolute Gasteiger partial charge is 0.327 e. The third-order valence-electron chi connectivity index (χ3n) is 2.20. The number of carboxylic acid groups (broad SMARTS) is 1. The normalized spacial score (nSPS) is 11.8. The van der Waals surface area contributed by atoms with Crippen LogP contribution in [0, 0.1) is 6.92 Å². The van der Waals surface area contributed by atoms with Crippen LogP contribution in [0.3, 0.4) is 0 Å². The van der Waals surface area contributed by atoms with E-state index in [-0.39, 0.29) is 0 Å². The van der Waals surface area contributed by atoms with Gasteiger partial charge >= 0.3 is 5.97 Å². The van der Waals surface area contributed by atoms with Gasteiger partial charge in [-0.3, -0.25) is 4.79 Å². The lowest BCUT2D eigenvalue weighted by atomic mass is 10.2. The minimum absolute atomic E-state index is 0.363. The van der Waals surface area contributed by atoms with Crippen molar-refractivity contribution in [1.82, 2.24) is 5.32 Å². The highest BCUT2D eigenvalue weighted by Gasteiger charge is 2.15. The van der Waals surface area contributed by atoms with Gasteiger partial charge in [0.2, 0.25) is 6.41 Å². The van der Waals surface area contributed by atoms with Crippen molar-refractivity contribution in [1.29, 1.82) is 0 Å². The number of rotatable bonds is 7. The average molecular weight is 253 g/mol. The number of carbonyl (C=O) groups is 2. The van der Waals surface area contributed by atoms with E-state index in [4.69, 9.17) is 5.11 Å². The molecule has 1 rings (SSSR count). The number of hydrogen-bond acceptors (Lipinski definition) is 3. The lowest BCUT2D eigenvalue weighted by molar-refractivity contribution is -0.139. The Kier molecular flexibility index (Phi) is 5.56. The van der Waals surface area contributed by atoms with Crippen LogP contribution in [0.1, 0.15) is 11.1 Å². The van der Waals surface area contributed by atoms with Crippen molar-refractivity contribution in [2.45, 2.75) is 18.7 Å². The van der Waals surface area contributed by atoms with Gasteiger partial charge in [-0.15, -0.1) is 0 Å². The highest BCUT2D eigenvalue weighted by atomic mass is 32.2. The minimum Gasteiger partial charge on any atom is -0.480 e. The number of benzene rings is 1. The van der Waals surface area contributed by atoms with E-state index in [0.29, 0.717) is 12.2 Å². The Morgan fingerprint density at radius 1 is 1.59 bits per heavy atom. The predicted molar refractivity (Wildman–Crippen MR) is 68.0 cm³/mol. The summed E-state index contributed by atoms with van der Waals surface area (Å²) in [5.41, 5.74) is 2.34. The molecule has 1 amide bonds. The first kappa shape index (κ1) is 13.6. The molecule has 0 aliphatic rings. The summed E-state index contributed by atoms with van der Waals surface area (Å²) in [5, 5.41) is 11.1. The van der Waals surface area contributed by atoms with Crippen LogP contribution in [0.25, 0.3) is 0 Å². The van der Waals surface area contributed by atoms with Gasteiger partial charge in [0.15, 0.2) is 0 Å². The fourth-order valence-corrected chi connectivity index (χ4v) is 2.38. The van der Waals surface area contributed by atoms with Crippen molar-refractivity contribution < 1.29 is 14.7 Å². The number of aliphatic carboxylic acids is 1. The zero-order valence-electron chi connectivity index (χ0n) is 9.55. The molecule has 0 aliphatic heterocycles. The van der Waals surface area contributed by atoms with Crippen molar-refractivity contribution in [3.63, 3.8) is 0 Å². The van der Waals surface area contributed by atoms with Gasteiger partial charge in [-0.2, -0.15) is 11.8 Å². The number of hydrogen-bond donors (Lipinski definition) is 2. The lowest BCUT2D eigenvalue weighted by Crippen LogP contribution is -2.37. The Morgan fingerprint density at radius 3 is 2.94 bits per heavy atom. The Bertz CT molecular complexity index is 395. The molecule has 92 valence electrons. The van der Waals surface area contributed by atoms with Gasteiger partial charge in [0, 0.05) is 11.5 Å². The molecule has 0 saturated carbocycles. The van der Waals surface area contributed by atoms with E-state index < -0.39 is 12.0 Å². The van der Waals surface area contributed by atoms with Crippen molar-refractivity contribution in [2.75, 3.05) is 5.75 Å². The summed E-state index contributed by atoms with van der Waals surface area (Å²) in [7, 11) is 0. The Labute approximate surface area is 104 Å². The van der Waals surface area contributed by atoms with Gasteiger partial charge in [0.1, 0.15) is 6.04 Å². The molecule has 0 heterocycles. The molecule has 1 atom stereocenters. The third kappa shape index (κ3) is 4.91. The second kappa shape index (κ2) is 6.96. The Hall–Kier alpha value is -1.49. The molecule has 0 radical (unpaired) electrons. The van der Waals surface area contributed by atoms with Crippen molar-refractivity contribution in [3.8, 4) is 0 Å². The standard InChI is InChI=1S/C12H15NO3S/c1-9-3-2-4-10(5-9)6-17-7-11(12(15)16)13-8-14/h2-5,8,11H,6-7H2,1H3,(H,13,14)(H,15,16). The second-order valence-corrected chi connectivity index (χ2v) is 4.71. The predicted octanol–water partition coefficient (Wildman–Crippen LogP) is 1.43. The molecule has 4 nitrogen and oxygen atoms in total. The summed E-state index contributed by atoms with van der Waals surface area (Å²) < 4.78 is 0. The van der Waals surface area contributed by atoms with E-state index in [9.17, 15) is 9.59 Å². The molecule has 0 aliphatic carbocycles. The van der Waals surface area contributed by atoms with Crippen molar-refractivity contribution in [3.05, 3.63) is 35.4 Å². The van der Waals surface area contributed by atoms with Gasteiger partial charge < -0.3 is 10.4 Å². The Balaban J connectivity index is 2.40. The first-order chi connectivity index (χ1) is 8.13.